The van der Waals surface area contributed by atoms with Crippen molar-refractivity contribution in [3.8, 4) is 11.5 Å². The summed E-state index contributed by atoms with van der Waals surface area (Å²) in [6.07, 6.45) is 4.07. The molecule has 0 aliphatic heterocycles. The van der Waals surface area contributed by atoms with Crippen molar-refractivity contribution in [2.75, 3.05) is 40.1 Å². The highest BCUT2D eigenvalue weighted by molar-refractivity contribution is 5.93. The quantitative estimate of drug-likeness (QED) is 0.431. The number of rotatable bonds is 15. The third-order valence-corrected chi connectivity index (χ3v) is 5.03. The molecule has 0 aliphatic rings. The van der Waals surface area contributed by atoms with Crippen LogP contribution in [-0.2, 0) is 9.47 Å². The highest BCUT2D eigenvalue weighted by atomic mass is 16.5. The Hall–Kier alpha value is -1.82. The molecule has 29 heavy (non-hydrogen) atoms. The number of ether oxygens (including phenoxy) is 4. The normalized spacial score (nSPS) is 13.4. The number of fused-ring (bicyclic) bond motifs is 1. The van der Waals surface area contributed by atoms with E-state index in [-0.39, 0.29) is 6.61 Å². The van der Waals surface area contributed by atoms with Crippen LogP contribution in [0, 0.1) is 5.92 Å². The van der Waals surface area contributed by atoms with E-state index in [0.29, 0.717) is 32.3 Å². The van der Waals surface area contributed by atoms with E-state index < -0.39 is 6.10 Å². The summed E-state index contributed by atoms with van der Waals surface area (Å²) in [6.45, 7) is 6.61. The number of unbranched alkanes of at least 4 members (excludes halogenated alkanes) is 1. The van der Waals surface area contributed by atoms with Crippen molar-refractivity contribution in [2.45, 2.75) is 45.6 Å². The van der Waals surface area contributed by atoms with E-state index in [1.165, 1.54) is 19.3 Å². The van der Waals surface area contributed by atoms with E-state index in [1.54, 1.807) is 7.11 Å². The smallest absolute Gasteiger partial charge is 0.127 e. The summed E-state index contributed by atoms with van der Waals surface area (Å²) >= 11 is 0. The predicted molar refractivity (Wildman–Crippen MR) is 117 cm³/mol. The molecule has 5 nitrogen and oxygen atoms in total. The van der Waals surface area contributed by atoms with Gasteiger partial charge in [-0.1, -0.05) is 57.4 Å². The van der Waals surface area contributed by atoms with Crippen LogP contribution in [0.1, 0.15) is 39.5 Å². The topological polar surface area (TPSA) is 57.2 Å². The lowest BCUT2D eigenvalue weighted by molar-refractivity contribution is -0.000854. The molecule has 0 heterocycles. The largest absolute Gasteiger partial charge is 0.491 e. The highest BCUT2D eigenvalue weighted by Gasteiger charge is 2.12. The second-order valence-electron chi connectivity index (χ2n) is 7.37. The zero-order chi connectivity index (χ0) is 20.9. The molecule has 2 aromatic carbocycles. The van der Waals surface area contributed by atoms with Gasteiger partial charge in [-0.15, -0.1) is 0 Å². The number of aliphatic hydroxyl groups is 1. The van der Waals surface area contributed by atoms with Crippen molar-refractivity contribution < 1.29 is 24.1 Å². The van der Waals surface area contributed by atoms with Crippen LogP contribution in [0.15, 0.2) is 36.4 Å². The standard InChI is InChI=1S/C24H36O5/c1-4-6-9-19(5-2)16-27-17-20(25)18-29-24-13-12-23(28-15-14-26-3)21-10-7-8-11-22(21)24/h7-8,10-13,19-20,25H,4-6,9,14-18H2,1-3H3. The van der Waals surface area contributed by atoms with Gasteiger partial charge in [0.2, 0.25) is 0 Å². The summed E-state index contributed by atoms with van der Waals surface area (Å²) in [6, 6.07) is 11.7. The fourth-order valence-electron chi connectivity index (χ4n) is 3.23. The average Bonchev–Trinajstić information content (AvgIpc) is 2.75. The van der Waals surface area contributed by atoms with Crippen molar-refractivity contribution in [3.63, 3.8) is 0 Å². The molecule has 0 aromatic heterocycles. The van der Waals surface area contributed by atoms with Crippen molar-refractivity contribution in [1.82, 2.24) is 0 Å². The minimum absolute atomic E-state index is 0.194. The molecular weight excluding hydrogens is 368 g/mol. The maximum absolute atomic E-state index is 10.3. The number of benzene rings is 2. The molecule has 0 radical (unpaired) electrons. The zero-order valence-corrected chi connectivity index (χ0v) is 18.1. The maximum Gasteiger partial charge on any atom is 0.127 e. The number of aliphatic hydroxyl groups excluding tert-OH is 1. The minimum Gasteiger partial charge on any atom is -0.491 e. The molecule has 0 saturated carbocycles. The van der Waals surface area contributed by atoms with Crippen molar-refractivity contribution in [3.05, 3.63) is 36.4 Å². The van der Waals surface area contributed by atoms with E-state index in [1.807, 2.05) is 36.4 Å². The van der Waals surface area contributed by atoms with Crippen LogP contribution in [-0.4, -0.2) is 51.4 Å². The Bertz CT molecular complexity index is 703. The molecule has 0 fully saturated rings. The lowest BCUT2D eigenvalue weighted by Gasteiger charge is -2.18. The first-order chi connectivity index (χ1) is 14.2. The fourth-order valence-corrected chi connectivity index (χ4v) is 3.23. The Morgan fingerprint density at radius 2 is 1.55 bits per heavy atom. The first kappa shape index (κ1) is 23.5. The van der Waals surface area contributed by atoms with Gasteiger partial charge in [-0.05, 0) is 24.5 Å². The molecule has 0 spiro atoms. The Morgan fingerprint density at radius 3 is 2.17 bits per heavy atom. The Morgan fingerprint density at radius 1 is 0.862 bits per heavy atom. The number of methoxy groups -OCH3 is 1. The van der Waals surface area contributed by atoms with Gasteiger partial charge in [0.15, 0.2) is 0 Å². The van der Waals surface area contributed by atoms with E-state index in [0.717, 1.165) is 28.7 Å². The molecule has 5 heteroatoms. The predicted octanol–water partition coefficient (Wildman–Crippen LogP) is 4.84. The van der Waals surface area contributed by atoms with Gasteiger partial charge in [0.1, 0.15) is 30.8 Å². The van der Waals surface area contributed by atoms with Crippen LogP contribution in [0.2, 0.25) is 0 Å². The van der Waals surface area contributed by atoms with E-state index in [2.05, 4.69) is 13.8 Å². The molecule has 2 atom stereocenters. The molecular formula is C24H36O5. The summed E-state index contributed by atoms with van der Waals surface area (Å²) in [4.78, 5) is 0. The Balaban J connectivity index is 1.87. The van der Waals surface area contributed by atoms with Gasteiger partial charge in [-0.2, -0.15) is 0 Å². The molecule has 0 amide bonds. The molecule has 0 bridgehead atoms. The van der Waals surface area contributed by atoms with Crippen LogP contribution < -0.4 is 9.47 Å². The third-order valence-electron chi connectivity index (χ3n) is 5.03. The summed E-state index contributed by atoms with van der Waals surface area (Å²) in [7, 11) is 1.65. The Kier molecular flexibility index (Phi) is 10.8. The molecule has 2 unspecified atom stereocenters. The third kappa shape index (κ3) is 7.84. The first-order valence-corrected chi connectivity index (χ1v) is 10.7. The fraction of sp³-hybridized carbons (Fsp3) is 0.583. The van der Waals surface area contributed by atoms with Crippen molar-refractivity contribution >= 4 is 10.8 Å². The summed E-state index contributed by atoms with van der Waals surface area (Å²) in [5.41, 5.74) is 0. The second-order valence-corrected chi connectivity index (χ2v) is 7.37. The van der Waals surface area contributed by atoms with Crippen LogP contribution in [0.3, 0.4) is 0 Å². The van der Waals surface area contributed by atoms with E-state index in [4.69, 9.17) is 18.9 Å². The van der Waals surface area contributed by atoms with Gasteiger partial charge in [-0.3, -0.25) is 0 Å². The van der Waals surface area contributed by atoms with E-state index in [9.17, 15) is 5.11 Å². The number of hydrogen-bond donors (Lipinski definition) is 1. The first-order valence-electron chi connectivity index (χ1n) is 10.7. The van der Waals surface area contributed by atoms with Gasteiger partial charge in [0.25, 0.3) is 0 Å². The SMILES string of the molecule is CCCCC(CC)COCC(O)COc1ccc(OCCOC)c2ccccc12. The van der Waals surface area contributed by atoms with Crippen molar-refractivity contribution in [1.29, 1.82) is 0 Å². The highest BCUT2D eigenvalue weighted by Crippen LogP contribution is 2.33. The second kappa shape index (κ2) is 13.4. The summed E-state index contributed by atoms with van der Waals surface area (Å²) in [5.74, 6) is 2.09. The molecule has 0 saturated heterocycles. The molecule has 0 aliphatic carbocycles. The van der Waals surface area contributed by atoms with Gasteiger partial charge in [-0.25, -0.2) is 0 Å². The minimum atomic E-state index is -0.657. The van der Waals surface area contributed by atoms with E-state index >= 15 is 0 Å². The molecule has 2 rings (SSSR count). The van der Waals surface area contributed by atoms with Crippen LogP contribution in [0.4, 0.5) is 0 Å². The van der Waals surface area contributed by atoms with Gasteiger partial charge >= 0.3 is 0 Å². The van der Waals surface area contributed by atoms with Gasteiger partial charge < -0.3 is 24.1 Å². The lowest BCUT2D eigenvalue weighted by Crippen LogP contribution is -2.25. The summed E-state index contributed by atoms with van der Waals surface area (Å²) in [5, 5.41) is 12.2. The van der Waals surface area contributed by atoms with Crippen LogP contribution in [0.25, 0.3) is 10.8 Å². The lowest BCUT2D eigenvalue weighted by atomic mass is 10.0. The van der Waals surface area contributed by atoms with Crippen molar-refractivity contribution in [2.24, 2.45) is 5.92 Å². The Labute approximate surface area is 174 Å². The zero-order valence-electron chi connectivity index (χ0n) is 18.1. The number of hydrogen-bond acceptors (Lipinski definition) is 5. The average molecular weight is 405 g/mol. The molecule has 2 aromatic rings. The van der Waals surface area contributed by atoms with Crippen LogP contribution in [0.5, 0.6) is 11.5 Å². The van der Waals surface area contributed by atoms with Gasteiger partial charge in [0, 0.05) is 24.5 Å². The maximum atomic E-state index is 10.3. The molecule has 1 N–H and O–H groups in total. The van der Waals surface area contributed by atoms with Gasteiger partial charge in [0.05, 0.1) is 13.2 Å². The van der Waals surface area contributed by atoms with Crippen LogP contribution >= 0.6 is 0 Å². The summed E-state index contributed by atoms with van der Waals surface area (Å²) < 4.78 is 22.5. The molecule has 162 valence electrons. The monoisotopic (exact) mass is 404 g/mol.